The SMILES string of the molecule is O=C(NN1C(=O)C2C3C=CC(C4CC34)[C@H]2C1=O)c1cccc(Cl)c1. The molecule has 6 atom stereocenters. The van der Waals surface area contributed by atoms with E-state index in [0.717, 1.165) is 11.4 Å². The lowest BCUT2D eigenvalue weighted by Crippen LogP contribution is -2.46. The Morgan fingerprint density at radius 1 is 1.08 bits per heavy atom. The number of hydrogen-bond acceptors (Lipinski definition) is 3. The molecule has 1 saturated heterocycles. The molecular formula is C18H15ClN2O3. The summed E-state index contributed by atoms with van der Waals surface area (Å²) in [5.41, 5.74) is 2.81. The van der Waals surface area contributed by atoms with Crippen molar-refractivity contribution >= 4 is 29.3 Å². The maximum absolute atomic E-state index is 12.8. The standard InChI is InChI=1S/C18H15ClN2O3/c19-9-3-1-2-8(6-9)16(22)20-21-17(23)14-10-4-5-11(13-7-12(10)13)15(14)18(21)24/h1-6,10-15H,7H2,(H,20,22)/t10?,11?,12?,13?,14-,15?/m1/s1. The van der Waals surface area contributed by atoms with Gasteiger partial charge >= 0.3 is 0 Å². The summed E-state index contributed by atoms with van der Waals surface area (Å²) >= 11 is 5.89. The Labute approximate surface area is 143 Å². The lowest BCUT2D eigenvalue weighted by molar-refractivity contribution is -0.143. The van der Waals surface area contributed by atoms with Crippen LogP contribution in [0.15, 0.2) is 36.4 Å². The molecule has 0 spiro atoms. The minimum atomic E-state index is -0.497. The number of benzene rings is 1. The first-order valence-corrected chi connectivity index (χ1v) is 8.57. The van der Waals surface area contributed by atoms with Gasteiger partial charge in [-0.3, -0.25) is 19.8 Å². The molecule has 6 rings (SSSR count). The summed E-state index contributed by atoms with van der Waals surface area (Å²) in [6, 6.07) is 6.42. The Morgan fingerprint density at radius 3 is 2.29 bits per heavy atom. The predicted octanol–water partition coefficient (Wildman–Crippen LogP) is 2.04. The number of hydrazine groups is 1. The van der Waals surface area contributed by atoms with Crippen molar-refractivity contribution in [1.82, 2.24) is 10.4 Å². The molecule has 6 heteroatoms. The highest BCUT2D eigenvalue weighted by atomic mass is 35.5. The van der Waals surface area contributed by atoms with Crippen molar-refractivity contribution in [2.75, 3.05) is 0 Å². The second kappa shape index (κ2) is 4.70. The molecule has 122 valence electrons. The maximum Gasteiger partial charge on any atom is 0.270 e. The molecule has 3 fully saturated rings. The zero-order valence-corrected chi connectivity index (χ0v) is 13.4. The number of imide groups is 1. The predicted molar refractivity (Wildman–Crippen MR) is 85.5 cm³/mol. The Balaban J connectivity index is 1.41. The molecule has 5 aliphatic rings. The van der Waals surface area contributed by atoms with Gasteiger partial charge in [-0.2, -0.15) is 5.01 Å². The quantitative estimate of drug-likeness (QED) is 0.660. The highest BCUT2D eigenvalue weighted by Gasteiger charge is 2.67. The van der Waals surface area contributed by atoms with Crippen LogP contribution in [0.1, 0.15) is 16.8 Å². The molecule has 1 N–H and O–H groups in total. The molecule has 4 aliphatic carbocycles. The molecule has 1 heterocycles. The molecule has 1 aromatic carbocycles. The van der Waals surface area contributed by atoms with Crippen LogP contribution in [-0.4, -0.2) is 22.7 Å². The van der Waals surface area contributed by atoms with E-state index in [4.69, 9.17) is 11.6 Å². The summed E-state index contributed by atoms with van der Waals surface area (Å²) < 4.78 is 0. The van der Waals surface area contributed by atoms with Gasteiger partial charge < -0.3 is 0 Å². The summed E-state index contributed by atoms with van der Waals surface area (Å²) in [5, 5.41) is 1.37. The number of carbonyl (C=O) groups excluding carboxylic acids is 3. The van der Waals surface area contributed by atoms with E-state index >= 15 is 0 Å². The second-order valence-corrected chi connectivity index (χ2v) is 7.55. The van der Waals surface area contributed by atoms with E-state index in [1.807, 2.05) is 0 Å². The van der Waals surface area contributed by atoms with Crippen LogP contribution >= 0.6 is 11.6 Å². The molecule has 0 radical (unpaired) electrons. The normalized spacial score (nSPS) is 38.1. The highest BCUT2D eigenvalue weighted by molar-refractivity contribution is 6.31. The van der Waals surface area contributed by atoms with Crippen molar-refractivity contribution in [3.8, 4) is 0 Å². The van der Waals surface area contributed by atoms with Gasteiger partial charge in [-0.15, -0.1) is 0 Å². The largest absolute Gasteiger partial charge is 0.272 e. The van der Waals surface area contributed by atoms with E-state index in [1.54, 1.807) is 18.2 Å². The van der Waals surface area contributed by atoms with Gasteiger partial charge in [-0.1, -0.05) is 29.8 Å². The van der Waals surface area contributed by atoms with Crippen LogP contribution in [-0.2, 0) is 9.59 Å². The van der Waals surface area contributed by atoms with Crippen LogP contribution in [0.2, 0.25) is 5.02 Å². The molecule has 2 bridgehead atoms. The Hall–Kier alpha value is -2.14. The molecule has 0 aromatic heterocycles. The summed E-state index contributed by atoms with van der Waals surface area (Å²) in [4.78, 5) is 37.9. The fraction of sp³-hybridized carbons (Fsp3) is 0.389. The fourth-order valence-corrected chi connectivity index (χ4v) is 5.05. The van der Waals surface area contributed by atoms with Crippen LogP contribution in [0.3, 0.4) is 0 Å². The minimum absolute atomic E-state index is 0.148. The van der Waals surface area contributed by atoms with Crippen LogP contribution in [0, 0.1) is 35.5 Å². The van der Waals surface area contributed by atoms with E-state index in [2.05, 4.69) is 17.6 Å². The second-order valence-electron chi connectivity index (χ2n) is 7.12. The average Bonchev–Trinajstić information content (AvgIpc) is 3.36. The van der Waals surface area contributed by atoms with E-state index in [9.17, 15) is 14.4 Å². The summed E-state index contributed by atoms with van der Waals surface area (Å²) in [6.07, 6.45) is 5.33. The Kier molecular flexibility index (Phi) is 2.78. The van der Waals surface area contributed by atoms with E-state index < -0.39 is 5.91 Å². The van der Waals surface area contributed by atoms with Gasteiger partial charge in [0.15, 0.2) is 0 Å². The van der Waals surface area contributed by atoms with Gasteiger partial charge in [0, 0.05) is 10.6 Å². The van der Waals surface area contributed by atoms with Gasteiger partial charge in [-0.25, -0.2) is 0 Å². The number of hydrogen-bond donors (Lipinski definition) is 1. The number of nitrogens with zero attached hydrogens (tertiary/aromatic N) is 1. The van der Waals surface area contributed by atoms with Crippen molar-refractivity contribution in [1.29, 1.82) is 0 Å². The zero-order valence-electron chi connectivity index (χ0n) is 12.7. The molecule has 5 unspecified atom stereocenters. The first-order chi connectivity index (χ1) is 11.6. The van der Waals surface area contributed by atoms with E-state index in [1.165, 1.54) is 6.07 Å². The summed E-state index contributed by atoms with van der Waals surface area (Å²) in [7, 11) is 0. The van der Waals surface area contributed by atoms with Crippen LogP contribution < -0.4 is 5.43 Å². The van der Waals surface area contributed by atoms with Gasteiger partial charge in [0.1, 0.15) is 0 Å². The molecule has 1 aromatic rings. The number of nitrogens with one attached hydrogen (secondary N) is 1. The minimum Gasteiger partial charge on any atom is -0.272 e. The van der Waals surface area contributed by atoms with Crippen LogP contribution in [0.5, 0.6) is 0 Å². The van der Waals surface area contributed by atoms with Gasteiger partial charge in [0.2, 0.25) is 0 Å². The average molecular weight is 343 g/mol. The lowest BCUT2D eigenvalue weighted by atomic mass is 9.63. The van der Waals surface area contributed by atoms with Crippen molar-refractivity contribution in [2.24, 2.45) is 35.5 Å². The summed E-state index contributed by atoms with van der Waals surface area (Å²) in [5.74, 6) is -0.280. The molecule has 3 amide bonds. The fourth-order valence-electron chi connectivity index (χ4n) is 4.86. The van der Waals surface area contributed by atoms with Crippen molar-refractivity contribution in [2.45, 2.75) is 6.42 Å². The number of rotatable bonds is 2. The zero-order chi connectivity index (χ0) is 16.6. The monoisotopic (exact) mass is 342 g/mol. The third-order valence-electron chi connectivity index (χ3n) is 5.96. The van der Waals surface area contributed by atoms with Crippen LogP contribution in [0.25, 0.3) is 0 Å². The van der Waals surface area contributed by atoms with Crippen molar-refractivity contribution < 1.29 is 14.4 Å². The Bertz CT molecular complexity index is 784. The molecular weight excluding hydrogens is 328 g/mol. The van der Waals surface area contributed by atoms with Crippen molar-refractivity contribution in [3.63, 3.8) is 0 Å². The van der Waals surface area contributed by atoms with Crippen LogP contribution in [0.4, 0.5) is 0 Å². The third kappa shape index (κ3) is 1.79. The molecule has 24 heavy (non-hydrogen) atoms. The number of halogens is 1. The molecule has 2 saturated carbocycles. The van der Waals surface area contributed by atoms with E-state index in [-0.39, 0.29) is 35.5 Å². The first kappa shape index (κ1) is 14.2. The van der Waals surface area contributed by atoms with Gasteiger partial charge in [0.25, 0.3) is 17.7 Å². The maximum atomic E-state index is 12.8. The van der Waals surface area contributed by atoms with Crippen molar-refractivity contribution in [3.05, 3.63) is 47.0 Å². The number of carbonyl (C=O) groups is 3. The smallest absolute Gasteiger partial charge is 0.270 e. The number of amides is 3. The van der Waals surface area contributed by atoms with Gasteiger partial charge in [0.05, 0.1) is 11.8 Å². The van der Waals surface area contributed by atoms with E-state index in [0.29, 0.717) is 22.4 Å². The number of allylic oxidation sites excluding steroid dienone is 2. The topological polar surface area (TPSA) is 66.5 Å². The van der Waals surface area contributed by atoms with Gasteiger partial charge in [-0.05, 0) is 48.3 Å². The summed E-state index contributed by atoms with van der Waals surface area (Å²) in [6.45, 7) is 0. The molecule has 1 aliphatic heterocycles. The third-order valence-corrected chi connectivity index (χ3v) is 6.20. The highest BCUT2D eigenvalue weighted by Crippen LogP contribution is 2.65. The molecule has 5 nitrogen and oxygen atoms in total. The Morgan fingerprint density at radius 2 is 1.71 bits per heavy atom. The first-order valence-electron chi connectivity index (χ1n) is 8.19. The lowest BCUT2D eigenvalue weighted by Gasteiger charge is -2.37.